The molecule has 2 atom stereocenters. The first-order valence-electron chi connectivity index (χ1n) is 7.46. The van der Waals surface area contributed by atoms with E-state index in [2.05, 4.69) is 24.1 Å². The van der Waals surface area contributed by atoms with Crippen LogP contribution < -0.4 is 5.32 Å². The first-order valence-corrected chi connectivity index (χ1v) is 7.46. The molecule has 1 aliphatic rings. The number of nitrogens with one attached hydrogen (secondary N) is 1. The summed E-state index contributed by atoms with van der Waals surface area (Å²) in [5.41, 5.74) is 0.835. The molecule has 0 aliphatic carbocycles. The van der Waals surface area contributed by atoms with Crippen LogP contribution in [0.25, 0.3) is 0 Å². The molecule has 2 rings (SSSR count). The van der Waals surface area contributed by atoms with E-state index in [0.29, 0.717) is 12.0 Å². The quantitative estimate of drug-likeness (QED) is 0.774. The molecular formula is C16H26N2O2. The summed E-state index contributed by atoms with van der Waals surface area (Å²) in [6, 6.07) is 5.49. The van der Waals surface area contributed by atoms with Gasteiger partial charge in [0.1, 0.15) is 11.5 Å². The monoisotopic (exact) mass is 278 g/mol. The van der Waals surface area contributed by atoms with Crippen molar-refractivity contribution in [2.75, 3.05) is 19.6 Å². The second kappa shape index (κ2) is 6.46. The number of phenols is 2. The van der Waals surface area contributed by atoms with Crippen LogP contribution in [0.5, 0.6) is 11.5 Å². The van der Waals surface area contributed by atoms with Crippen LogP contribution in [0.15, 0.2) is 18.2 Å². The first kappa shape index (κ1) is 15.1. The zero-order chi connectivity index (χ0) is 14.7. The van der Waals surface area contributed by atoms with E-state index in [0.717, 1.165) is 18.7 Å². The van der Waals surface area contributed by atoms with E-state index in [9.17, 15) is 10.2 Å². The van der Waals surface area contributed by atoms with Crippen molar-refractivity contribution >= 4 is 0 Å². The van der Waals surface area contributed by atoms with Crippen molar-refractivity contribution < 1.29 is 10.2 Å². The van der Waals surface area contributed by atoms with Gasteiger partial charge in [-0.25, -0.2) is 0 Å². The van der Waals surface area contributed by atoms with Crippen LogP contribution in [-0.2, 0) is 0 Å². The third kappa shape index (κ3) is 3.64. The van der Waals surface area contributed by atoms with Crippen LogP contribution in [0, 0.1) is 5.92 Å². The summed E-state index contributed by atoms with van der Waals surface area (Å²) in [6.45, 7) is 9.83. The van der Waals surface area contributed by atoms with Gasteiger partial charge in [-0.2, -0.15) is 0 Å². The Kier molecular flexibility index (Phi) is 4.89. The minimum Gasteiger partial charge on any atom is -0.508 e. The van der Waals surface area contributed by atoms with Crippen LogP contribution in [0.3, 0.4) is 0 Å². The molecular weight excluding hydrogens is 252 g/mol. The Bertz CT molecular complexity index is 448. The predicted molar refractivity (Wildman–Crippen MR) is 81.0 cm³/mol. The number of phenolic OH excluding ortho intramolecular Hbond substituents is 2. The van der Waals surface area contributed by atoms with Gasteiger partial charge in [0.15, 0.2) is 0 Å². The fraction of sp³-hybridized carbons (Fsp3) is 0.625. The molecule has 2 unspecified atom stereocenters. The molecule has 0 aromatic heterocycles. The first-order chi connectivity index (χ1) is 9.47. The Morgan fingerprint density at radius 2 is 2.05 bits per heavy atom. The minimum atomic E-state index is 0.0868. The van der Waals surface area contributed by atoms with E-state index in [-0.39, 0.29) is 17.5 Å². The maximum absolute atomic E-state index is 9.86. The van der Waals surface area contributed by atoms with Gasteiger partial charge in [0, 0.05) is 30.3 Å². The van der Waals surface area contributed by atoms with Gasteiger partial charge in [0.05, 0.1) is 0 Å². The van der Waals surface area contributed by atoms with Gasteiger partial charge in [0.2, 0.25) is 0 Å². The molecule has 1 aromatic rings. The van der Waals surface area contributed by atoms with Crippen LogP contribution in [0.4, 0.5) is 0 Å². The summed E-state index contributed by atoms with van der Waals surface area (Å²) in [4.78, 5) is 2.51. The Balaban J connectivity index is 1.85. The number of hydrogen-bond donors (Lipinski definition) is 3. The number of aromatic hydroxyl groups is 2. The van der Waals surface area contributed by atoms with Gasteiger partial charge >= 0.3 is 0 Å². The van der Waals surface area contributed by atoms with Gasteiger partial charge in [0.25, 0.3) is 0 Å². The van der Waals surface area contributed by atoms with Crippen molar-refractivity contribution in [2.24, 2.45) is 5.92 Å². The van der Waals surface area contributed by atoms with Gasteiger partial charge in [-0.3, -0.25) is 0 Å². The van der Waals surface area contributed by atoms with Crippen LogP contribution in [-0.4, -0.2) is 40.8 Å². The topological polar surface area (TPSA) is 55.7 Å². The second-order valence-corrected chi connectivity index (χ2v) is 6.12. The van der Waals surface area contributed by atoms with Crippen molar-refractivity contribution in [1.29, 1.82) is 0 Å². The van der Waals surface area contributed by atoms with Gasteiger partial charge in [-0.1, -0.05) is 6.07 Å². The number of likely N-dealkylation sites (tertiary alicyclic amines) is 1. The minimum absolute atomic E-state index is 0.0868. The van der Waals surface area contributed by atoms with Crippen molar-refractivity contribution in [2.45, 2.75) is 39.3 Å². The maximum atomic E-state index is 9.86. The maximum Gasteiger partial charge on any atom is 0.124 e. The van der Waals surface area contributed by atoms with E-state index < -0.39 is 0 Å². The number of benzene rings is 1. The van der Waals surface area contributed by atoms with Gasteiger partial charge in [-0.15, -0.1) is 0 Å². The summed E-state index contributed by atoms with van der Waals surface area (Å²) < 4.78 is 0. The summed E-state index contributed by atoms with van der Waals surface area (Å²) in [7, 11) is 0. The molecule has 3 N–H and O–H groups in total. The SMILES string of the molecule is CC(NCC1CCN(C(C)C)C1)c1ccc(O)cc1O. The molecule has 0 spiro atoms. The standard InChI is InChI=1S/C16H26N2O2/c1-11(2)18-7-6-13(10-18)9-17-12(3)15-5-4-14(19)8-16(15)20/h4-5,8,11-13,17,19-20H,6-7,9-10H2,1-3H3. The summed E-state index contributed by atoms with van der Waals surface area (Å²) in [5.74, 6) is 0.932. The van der Waals surface area contributed by atoms with Crippen molar-refractivity contribution in [3.63, 3.8) is 0 Å². The average molecular weight is 278 g/mol. The highest BCUT2D eigenvalue weighted by Crippen LogP contribution is 2.28. The highest BCUT2D eigenvalue weighted by molar-refractivity contribution is 5.40. The number of nitrogens with zero attached hydrogens (tertiary/aromatic N) is 1. The number of hydrogen-bond acceptors (Lipinski definition) is 4. The molecule has 0 radical (unpaired) electrons. The fourth-order valence-corrected chi connectivity index (χ4v) is 2.85. The third-order valence-electron chi connectivity index (χ3n) is 4.24. The number of rotatable bonds is 5. The summed E-state index contributed by atoms with van der Waals surface area (Å²) in [6.07, 6.45) is 1.24. The van der Waals surface area contributed by atoms with Gasteiger partial charge in [-0.05, 0) is 52.3 Å². The van der Waals surface area contributed by atoms with E-state index in [4.69, 9.17) is 0 Å². The second-order valence-electron chi connectivity index (χ2n) is 6.12. The van der Waals surface area contributed by atoms with Crippen LogP contribution in [0.2, 0.25) is 0 Å². The third-order valence-corrected chi connectivity index (χ3v) is 4.24. The van der Waals surface area contributed by atoms with Crippen LogP contribution >= 0.6 is 0 Å². The molecule has 20 heavy (non-hydrogen) atoms. The van der Waals surface area contributed by atoms with Crippen LogP contribution in [0.1, 0.15) is 38.8 Å². The Hall–Kier alpha value is -1.26. The Morgan fingerprint density at radius 3 is 2.65 bits per heavy atom. The van der Waals surface area contributed by atoms with E-state index in [1.54, 1.807) is 12.1 Å². The molecule has 0 bridgehead atoms. The molecule has 4 nitrogen and oxygen atoms in total. The Morgan fingerprint density at radius 1 is 1.30 bits per heavy atom. The van der Waals surface area contributed by atoms with Crippen molar-refractivity contribution in [3.05, 3.63) is 23.8 Å². The molecule has 0 saturated carbocycles. The van der Waals surface area contributed by atoms with Crippen molar-refractivity contribution in [1.82, 2.24) is 10.2 Å². The predicted octanol–water partition coefficient (Wildman–Crippen LogP) is 2.48. The van der Waals surface area contributed by atoms with E-state index >= 15 is 0 Å². The fourth-order valence-electron chi connectivity index (χ4n) is 2.85. The lowest BCUT2D eigenvalue weighted by Gasteiger charge is -2.21. The molecule has 4 heteroatoms. The molecule has 1 aromatic carbocycles. The molecule has 1 heterocycles. The van der Waals surface area contributed by atoms with E-state index in [1.807, 2.05) is 6.92 Å². The smallest absolute Gasteiger partial charge is 0.124 e. The average Bonchev–Trinajstić information content (AvgIpc) is 2.85. The summed E-state index contributed by atoms with van der Waals surface area (Å²) >= 11 is 0. The van der Waals surface area contributed by atoms with Gasteiger partial charge < -0.3 is 20.4 Å². The molecule has 0 amide bonds. The highest BCUT2D eigenvalue weighted by Gasteiger charge is 2.24. The lowest BCUT2D eigenvalue weighted by Crippen LogP contribution is -2.31. The molecule has 1 fully saturated rings. The van der Waals surface area contributed by atoms with Crippen molar-refractivity contribution in [3.8, 4) is 11.5 Å². The lowest BCUT2D eigenvalue weighted by molar-refractivity contribution is 0.263. The molecule has 112 valence electrons. The van der Waals surface area contributed by atoms with E-state index in [1.165, 1.54) is 19.0 Å². The Labute approximate surface area is 121 Å². The normalized spacial score (nSPS) is 21.5. The highest BCUT2D eigenvalue weighted by atomic mass is 16.3. The summed E-state index contributed by atoms with van der Waals surface area (Å²) in [5, 5.41) is 22.7. The lowest BCUT2D eigenvalue weighted by atomic mass is 10.0. The molecule has 1 saturated heterocycles. The molecule has 1 aliphatic heterocycles. The zero-order valence-corrected chi connectivity index (χ0v) is 12.6. The zero-order valence-electron chi connectivity index (χ0n) is 12.6. The largest absolute Gasteiger partial charge is 0.508 e.